The normalized spacial score (nSPS) is 34.3. The topological polar surface area (TPSA) is 83.7 Å². The van der Waals surface area contributed by atoms with Gasteiger partial charge in [0.25, 0.3) is 0 Å². The van der Waals surface area contributed by atoms with E-state index in [-0.39, 0.29) is 5.92 Å². The van der Waals surface area contributed by atoms with Gasteiger partial charge in [0.15, 0.2) is 0 Å². The van der Waals surface area contributed by atoms with E-state index in [0.29, 0.717) is 31.1 Å². The summed E-state index contributed by atoms with van der Waals surface area (Å²) in [4.78, 5) is 17.5. The highest BCUT2D eigenvalue weighted by Gasteiger charge is 2.44. The Balaban J connectivity index is 1.21. The van der Waals surface area contributed by atoms with Crippen molar-refractivity contribution in [1.29, 1.82) is 0 Å². The Morgan fingerprint density at radius 1 is 1.21 bits per heavy atom. The number of ether oxygens (including phenoxy) is 1. The van der Waals surface area contributed by atoms with Crippen LogP contribution in [0.5, 0.6) is 0 Å². The van der Waals surface area contributed by atoms with E-state index < -0.39 is 5.60 Å². The number of amides is 1. The van der Waals surface area contributed by atoms with Gasteiger partial charge in [-0.05, 0) is 38.1 Å². The zero-order valence-electron chi connectivity index (χ0n) is 17.2. The number of aromatic nitrogens is 3. The molecule has 0 aromatic carbocycles. The van der Waals surface area contributed by atoms with Gasteiger partial charge in [0, 0.05) is 25.7 Å². The van der Waals surface area contributed by atoms with Crippen molar-refractivity contribution < 1.29 is 14.6 Å². The van der Waals surface area contributed by atoms with Gasteiger partial charge in [0.1, 0.15) is 11.3 Å². The van der Waals surface area contributed by atoms with Crippen molar-refractivity contribution in [2.75, 3.05) is 39.4 Å². The van der Waals surface area contributed by atoms with Crippen LogP contribution in [0.3, 0.4) is 0 Å². The molecule has 8 nitrogen and oxygen atoms in total. The maximum Gasteiger partial charge on any atom is 0.227 e. The first-order valence-electron chi connectivity index (χ1n) is 11.4. The summed E-state index contributed by atoms with van der Waals surface area (Å²) >= 11 is 0. The number of carbonyl (C=O) groups is 1. The van der Waals surface area contributed by atoms with Crippen LogP contribution in [0.1, 0.15) is 50.6 Å². The number of morpholine rings is 1. The van der Waals surface area contributed by atoms with E-state index in [1.165, 1.54) is 6.42 Å². The number of fused-ring (bicyclic) bond motifs is 3. The highest BCUT2D eigenvalue weighted by Crippen LogP contribution is 2.38. The SMILES string of the molecule is O=C([C@H]1CN2CC[C@@H]1C[C@@H]2Cn1cc(C2(O)CCCCC2)nn1)N1CCOCC1. The summed E-state index contributed by atoms with van der Waals surface area (Å²) in [6.07, 6.45) is 8.98. The summed E-state index contributed by atoms with van der Waals surface area (Å²) in [5.41, 5.74) is -0.0635. The smallest absolute Gasteiger partial charge is 0.227 e. The number of hydrogen-bond donors (Lipinski definition) is 1. The third kappa shape index (κ3) is 3.82. The Bertz CT molecular complexity index is 726. The molecule has 5 heterocycles. The molecule has 4 atom stereocenters. The molecule has 0 spiro atoms. The molecular formula is C21H33N5O3. The summed E-state index contributed by atoms with van der Waals surface area (Å²) in [6, 6.07) is 0.401. The maximum absolute atomic E-state index is 13.0. The molecule has 29 heavy (non-hydrogen) atoms. The van der Waals surface area contributed by atoms with E-state index >= 15 is 0 Å². The third-order valence-electron chi connectivity index (χ3n) is 7.61. The molecular weight excluding hydrogens is 370 g/mol. The third-order valence-corrected chi connectivity index (χ3v) is 7.61. The minimum Gasteiger partial charge on any atom is -0.383 e. The van der Waals surface area contributed by atoms with Gasteiger partial charge in [-0.2, -0.15) is 0 Å². The number of hydrogen-bond acceptors (Lipinski definition) is 6. The van der Waals surface area contributed by atoms with Crippen molar-refractivity contribution in [2.24, 2.45) is 11.8 Å². The Morgan fingerprint density at radius 2 is 2.00 bits per heavy atom. The second-order valence-electron chi connectivity index (χ2n) is 9.40. The molecule has 2 bridgehead atoms. The molecule has 5 aliphatic rings. The number of carbonyl (C=O) groups excluding carboxylic acids is 1. The Labute approximate surface area is 172 Å². The summed E-state index contributed by atoms with van der Waals surface area (Å²) in [5.74, 6) is 0.919. The zero-order valence-corrected chi connectivity index (χ0v) is 17.2. The molecule has 1 saturated carbocycles. The van der Waals surface area contributed by atoms with Crippen LogP contribution in [0.4, 0.5) is 0 Å². The first kappa shape index (κ1) is 19.5. The maximum atomic E-state index is 13.0. The second-order valence-corrected chi connectivity index (χ2v) is 9.40. The zero-order chi connectivity index (χ0) is 19.8. The number of piperidine rings is 3. The molecule has 1 amide bonds. The van der Waals surface area contributed by atoms with Crippen LogP contribution in [-0.4, -0.2) is 81.2 Å². The van der Waals surface area contributed by atoms with E-state index in [1.807, 2.05) is 15.8 Å². The van der Waals surface area contributed by atoms with Gasteiger partial charge >= 0.3 is 0 Å². The summed E-state index contributed by atoms with van der Waals surface area (Å²) in [6.45, 7) is 5.50. The predicted molar refractivity (Wildman–Crippen MR) is 106 cm³/mol. The van der Waals surface area contributed by atoms with Crippen LogP contribution < -0.4 is 0 Å². The van der Waals surface area contributed by atoms with E-state index in [4.69, 9.17) is 4.74 Å². The molecule has 160 valence electrons. The van der Waals surface area contributed by atoms with Crippen LogP contribution in [0, 0.1) is 11.8 Å². The molecule has 1 aromatic heterocycles. The molecule has 8 heteroatoms. The molecule has 1 N–H and O–H groups in total. The van der Waals surface area contributed by atoms with Crippen molar-refractivity contribution in [1.82, 2.24) is 24.8 Å². The lowest BCUT2D eigenvalue weighted by atomic mass is 9.75. The lowest BCUT2D eigenvalue weighted by Gasteiger charge is -2.50. The molecule has 6 rings (SSSR count). The van der Waals surface area contributed by atoms with Gasteiger partial charge in [-0.3, -0.25) is 14.4 Å². The molecule has 5 fully saturated rings. The van der Waals surface area contributed by atoms with Gasteiger partial charge < -0.3 is 14.7 Å². The average Bonchev–Trinajstić information content (AvgIpc) is 3.24. The lowest BCUT2D eigenvalue weighted by molar-refractivity contribution is -0.148. The summed E-state index contributed by atoms with van der Waals surface area (Å²) in [7, 11) is 0. The molecule has 1 aromatic rings. The minimum absolute atomic E-state index is 0.132. The molecule has 4 aliphatic heterocycles. The van der Waals surface area contributed by atoms with Crippen LogP contribution >= 0.6 is 0 Å². The summed E-state index contributed by atoms with van der Waals surface area (Å²) < 4.78 is 7.31. The second kappa shape index (κ2) is 7.96. The quantitative estimate of drug-likeness (QED) is 0.808. The van der Waals surface area contributed by atoms with Gasteiger partial charge in [0.05, 0.1) is 31.9 Å². The molecule has 4 saturated heterocycles. The average molecular weight is 404 g/mol. The van der Waals surface area contributed by atoms with Crippen molar-refractivity contribution in [3.63, 3.8) is 0 Å². The highest BCUT2D eigenvalue weighted by molar-refractivity contribution is 5.79. The van der Waals surface area contributed by atoms with Crippen molar-refractivity contribution in [2.45, 2.75) is 63.1 Å². The fourth-order valence-corrected chi connectivity index (χ4v) is 5.84. The predicted octanol–water partition coefficient (Wildman–Crippen LogP) is 0.999. The Hall–Kier alpha value is -1.51. The largest absolute Gasteiger partial charge is 0.383 e. The van der Waals surface area contributed by atoms with Crippen LogP contribution in [0.15, 0.2) is 6.20 Å². The van der Waals surface area contributed by atoms with Gasteiger partial charge in [0.2, 0.25) is 5.91 Å². The fourth-order valence-electron chi connectivity index (χ4n) is 5.84. The first-order chi connectivity index (χ1) is 14.1. The monoisotopic (exact) mass is 403 g/mol. The van der Waals surface area contributed by atoms with Crippen LogP contribution in [0.25, 0.3) is 0 Å². The van der Waals surface area contributed by atoms with E-state index in [0.717, 1.165) is 76.9 Å². The van der Waals surface area contributed by atoms with Crippen molar-refractivity contribution >= 4 is 5.91 Å². The molecule has 1 unspecified atom stereocenters. The van der Waals surface area contributed by atoms with E-state index in [9.17, 15) is 9.90 Å². The lowest BCUT2D eigenvalue weighted by Crippen LogP contribution is -2.59. The molecule has 0 radical (unpaired) electrons. The Morgan fingerprint density at radius 3 is 2.72 bits per heavy atom. The van der Waals surface area contributed by atoms with Gasteiger partial charge in [-0.15, -0.1) is 5.10 Å². The van der Waals surface area contributed by atoms with Crippen LogP contribution in [-0.2, 0) is 21.7 Å². The van der Waals surface area contributed by atoms with E-state index in [1.54, 1.807) is 0 Å². The first-order valence-corrected chi connectivity index (χ1v) is 11.4. The Kier molecular flexibility index (Phi) is 5.34. The van der Waals surface area contributed by atoms with Crippen molar-refractivity contribution in [3.8, 4) is 0 Å². The van der Waals surface area contributed by atoms with Gasteiger partial charge in [-0.1, -0.05) is 24.5 Å². The fraction of sp³-hybridized carbons (Fsp3) is 0.857. The van der Waals surface area contributed by atoms with E-state index in [2.05, 4.69) is 15.2 Å². The number of aliphatic hydroxyl groups is 1. The molecule has 1 aliphatic carbocycles. The highest BCUT2D eigenvalue weighted by atomic mass is 16.5. The van der Waals surface area contributed by atoms with Crippen LogP contribution in [0.2, 0.25) is 0 Å². The van der Waals surface area contributed by atoms with Gasteiger partial charge in [-0.25, -0.2) is 0 Å². The number of rotatable bonds is 4. The minimum atomic E-state index is -0.794. The van der Waals surface area contributed by atoms with Crippen molar-refractivity contribution in [3.05, 3.63) is 11.9 Å². The summed E-state index contributed by atoms with van der Waals surface area (Å²) in [5, 5.41) is 19.6. The number of nitrogens with zero attached hydrogens (tertiary/aromatic N) is 5. The standard InChI is InChI=1S/C21H33N5O3/c27-20(24-8-10-29-11-9-24)18-14-25-7-4-16(18)12-17(25)13-26-15-19(22-23-26)21(28)5-2-1-3-6-21/h15-18,28H,1-14H2/t16-,17-,18+/m1/s1.